The van der Waals surface area contributed by atoms with E-state index in [1.807, 2.05) is 12.3 Å². The lowest BCUT2D eigenvalue weighted by molar-refractivity contribution is 0.580. The average molecular weight is 332 g/mol. The molecule has 3 N–H and O–H groups in total. The summed E-state index contributed by atoms with van der Waals surface area (Å²) in [4.78, 5) is 4.30. The van der Waals surface area contributed by atoms with Crippen LogP contribution in [0.1, 0.15) is 16.3 Å². The normalized spacial score (nSPS) is 11.8. The minimum atomic E-state index is -3.63. The molecule has 0 saturated heterocycles. The molecule has 0 aliphatic carbocycles. The Morgan fingerprint density at radius 2 is 2.10 bits per heavy atom. The number of nitrogen functional groups attached to an aromatic ring is 1. The predicted octanol–water partition coefficient (Wildman–Crippen LogP) is 2.47. The molecule has 0 amide bonds. The highest BCUT2D eigenvalue weighted by molar-refractivity contribution is 7.89. The van der Waals surface area contributed by atoms with E-state index in [9.17, 15) is 8.42 Å². The number of hydrogen-bond acceptors (Lipinski definition) is 5. The number of aromatic nitrogens is 1. The second-order valence-corrected chi connectivity index (χ2v) is 7.53. The minimum Gasteiger partial charge on any atom is -0.397 e. The molecule has 0 unspecified atom stereocenters. The number of aryl methyl sites for hydroxylation is 2. The summed E-state index contributed by atoms with van der Waals surface area (Å²) in [6.07, 6.45) is 0. The van der Waals surface area contributed by atoms with Crippen LogP contribution in [0.3, 0.4) is 0 Å². The first kappa shape index (κ1) is 15.2. The molecule has 0 radical (unpaired) electrons. The number of hydrogen-bond donors (Lipinski definition) is 2. The molecule has 0 atom stereocenters. The van der Waals surface area contributed by atoms with Crippen LogP contribution in [0.15, 0.2) is 22.4 Å². The lowest BCUT2D eigenvalue weighted by Gasteiger charge is -2.09. The first-order valence-corrected chi connectivity index (χ1v) is 8.50. The van der Waals surface area contributed by atoms with E-state index >= 15 is 0 Å². The molecule has 5 nitrogen and oxygen atoms in total. The molecule has 0 aliphatic heterocycles. The highest BCUT2D eigenvalue weighted by atomic mass is 35.5. The lowest BCUT2D eigenvalue weighted by Crippen LogP contribution is -2.23. The maximum atomic E-state index is 12.2. The Morgan fingerprint density at radius 1 is 1.40 bits per heavy atom. The Kier molecular flexibility index (Phi) is 4.33. The number of thiazole rings is 1. The van der Waals surface area contributed by atoms with Crippen LogP contribution in [0.2, 0.25) is 5.02 Å². The summed E-state index contributed by atoms with van der Waals surface area (Å²) in [6, 6.07) is 2.84. The zero-order valence-electron chi connectivity index (χ0n) is 11.0. The Balaban J connectivity index is 2.22. The van der Waals surface area contributed by atoms with Gasteiger partial charge < -0.3 is 5.73 Å². The van der Waals surface area contributed by atoms with Gasteiger partial charge in [-0.2, -0.15) is 0 Å². The Bertz CT molecular complexity index is 718. The summed E-state index contributed by atoms with van der Waals surface area (Å²) in [6.45, 7) is 3.72. The van der Waals surface area contributed by atoms with Crippen molar-refractivity contribution in [1.29, 1.82) is 0 Å². The molecule has 8 heteroatoms. The molecule has 0 aliphatic rings. The fraction of sp³-hybridized carbons (Fsp3) is 0.250. The van der Waals surface area contributed by atoms with E-state index in [1.54, 1.807) is 6.92 Å². The standard InChI is InChI=1S/C12H14ClN3O2S2/c1-7-3-10(4-11(14)12(7)13)20(17,18)15-5-9-6-19-8(2)16-9/h3-4,6,15H,5,14H2,1-2H3. The zero-order chi connectivity index (χ0) is 14.9. The number of benzene rings is 1. The smallest absolute Gasteiger partial charge is 0.241 e. The molecule has 0 fully saturated rings. The van der Waals surface area contributed by atoms with Crippen molar-refractivity contribution in [3.05, 3.63) is 38.8 Å². The van der Waals surface area contributed by atoms with Crippen LogP contribution in [0.4, 0.5) is 5.69 Å². The highest BCUT2D eigenvalue weighted by Gasteiger charge is 2.17. The van der Waals surface area contributed by atoms with Gasteiger partial charge in [-0.05, 0) is 31.5 Å². The quantitative estimate of drug-likeness (QED) is 0.843. The molecule has 108 valence electrons. The van der Waals surface area contributed by atoms with E-state index in [4.69, 9.17) is 17.3 Å². The van der Waals surface area contributed by atoms with Crippen LogP contribution in [-0.4, -0.2) is 13.4 Å². The van der Waals surface area contributed by atoms with Gasteiger partial charge in [0.1, 0.15) is 0 Å². The fourth-order valence-corrected chi connectivity index (χ4v) is 3.50. The summed E-state index contributed by atoms with van der Waals surface area (Å²) < 4.78 is 26.9. The van der Waals surface area contributed by atoms with Crippen molar-refractivity contribution >= 4 is 38.6 Å². The fourth-order valence-electron chi connectivity index (χ4n) is 1.66. The van der Waals surface area contributed by atoms with Gasteiger partial charge in [0.2, 0.25) is 10.0 Å². The molecule has 1 heterocycles. The summed E-state index contributed by atoms with van der Waals surface area (Å²) in [7, 11) is -3.63. The number of sulfonamides is 1. The third-order valence-electron chi connectivity index (χ3n) is 2.68. The number of nitrogens with zero attached hydrogens (tertiary/aromatic N) is 1. The monoisotopic (exact) mass is 331 g/mol. The topological polar surface area (TPSA) is 85.1 Å². The van der Waals surface area contributed by atoms with Crippen LogP contribution >= 0.6 is 22.9 Å². The van der Waals surface area contributed by atoms with Gasteiger partial charge in [0.15, 0.2) is 0 Å². The maximum absolute atomic E-state index is 12.2. The van der Waals surface area contributed by atoms with E-state index in [2.05, 4.69) is 9.71 Å². The molecule has 1 aromatic carbocycles. The van der Waals surface area contributed by atoms with Gasteiger partial charge in [-0.25, -0.2) is 18.1 Å². The first-order chi connectivity index (χ1) is 9.29. The third-order valence-corrected chi connectivity index (χ3v) is 5.40. The van der Waals surface area contributed by atoms with Gasteiger partial charge in [0, 0.05) is 5.38 Å². The summed E-state index contributed by atoms with van der Waals surface area (Å²) in [5.41, 5.74) is 7.25. The van der Waals surface area contributed by atoms with Crippen molar-refractivity contribution in [3.63, 3.8) is 0 Å². The largest absolute Gasteiger partial charge is 0.397 e. The molecule has 0 bridgehead atoms. The van der Waals surface area contributed by atoms with Crippen LogP contribution in [0.25, 0.3) is 0 Å². The van der Waals surface area contributed by atoms with E-state index in [0.29, 0.717) is 16.3 Å². The molecule has 2 aromatic rings. The van der Waals surface area contributed by atoms with E-state index in [0.717, 1.165) is 5.01 Å². The molecular formula is C12H14ClN3O2S2. The third kappa shape index (κ3) is 3.29. The Labute approximate surface area is 126 Å². The molecular weight excluding hydrogens is 318 g/mol. The minimum absolute atomic E-state index is 0.101. The maximum Gasteiger partial charge on any atom is 0.241 e. The summed E-state index contributed by atoms with van der Waals surface area (Å²) in [5.74, 6) is 0. The first-order valence-electron chi connectivity index (χ1n) is 5.76. The van der Waals surface area contributed by atoms with Crippen molar-refractivity contribution in [2.24, 2.45) is 0 Å². The second kappa shape index (κ2) is 5.69. The molecule has 0 spiro atoms. The van der Waals surface area contributed by atoms with Crippen LogP contribution in [0.5, 0.6) is 0 Å². The molecule has 1 aromatic heterocycles. The Morgan fingerprint density at radius 3 is 2.65 bits per heavy atom. The number of nitrogens with one attached hydrogen (secondary N) is 1. The van der Waals surface area contributed by atoms with Gasteiger partial charge >= 0.3 is 0 Å². The number of rotatable bonds is 4. The Hall–Kier alpha value is -1.15. The molecule has 20 heavy (non-hydrogen) atoms. The van der Waals surface area contributed by atoms with E-state index in [-0.39, 0.29) is 17.1 Å². The number of anilines is 1. The van der Waals surface area contributed by atoms with Crippen LogP contribution in [0, 0.1) is 13.8 Å². The second-order valence-electron chi connectivity index (χ2n) is 4.33. The van der Waals surface area contributed by atoms with Crippen LogP contribution in [-0.2, 0) is 16.6 Å². The number of halogens is 1. The van der Waals surface area contributed by atoms with Gasteiger partial charge in [-0.15, -0.1) is 11.3 Å². The van der Waals surface area contributed by atoms with Crippen molar-refractivity contribution in [3.8, 4) is 0 Å². The van der Waals surface area contributed by atoms with Crippen LogP contribution < -0.4 is 10.5 Å². The highest BCUT2D eigenvalue weighted by Crippen LogP contribution is 2.26. The summed E-state index contributed by atoms with van der Waals surface area (Å²) >= 11 is 7.40. The van der Waals surface area contributed by atoms with Crippen molar-refractivity contribution in [2.45, 2.75) is 25.3 Å². The van der Waals surface area contributed by atoms with Crippen molar-refractivity contribution in [2.75, 3.05) is 5.73 Å². The lowest BCUT2D eigenvalue weighted by atomic mass is 10.2. The van der Waals surface area contributed by atoms with Gasteiger partial charge in [0.25, 0.3) is 0 Å². The molecule has 2 rings (SSSR count). The van der Waals surface area contributed by atoms with E-state index in [1.165, 1.54) is 23.5 Å². The predicted molar refractivity (Wildman–Crippen MR) is 81.5 cm³/mol. The van der Waals surface area contributed by atoms with E-state index < -0.39 is 10.0 Å². The number of nitrogens with two attached hydrogens (primary N) is 1. The van der Waals surface area contributed by atoms with Gasteiger partial charge in [0.05, 0.1) is 32.9 Å². The van der Waals surface area contributed by atoms with Crippen molar-refractivity contribution in [1.82, 2.24) is 9.71 Å². The van der Waals surface area contributed by atoms with Gasteiger partial charge in [-0.3, -0.25) is 0 Å². The SMILES string of the molecule is Cc1nc(CNS(=O)(=O)c2cc(C)c(Cl)c(N)c2)cs1. The molecule has 0 saturated carbocycles. The summed E-state index contributed by atoms with van der Waals surface area (Å²) in [5, 5.41) is 3.09. The van der Waals surface area contributed by atoms with Gasteiger partial charge in [-0.1, -0.05) is 11.6 Å². The zero-order valence-corrected chi connectivity index (χ0v) is 13.4. The average Bonchev–Trinajstić information content (AvgIpc) is 2.79. The van der Waals surface area contributed by atoms with Crippen molar-refractivity contribution < 1.29 is 8.42 Å².